The van der Waals surface area contributed by atoms with Gasteiger partial charge in [-0.15, -0.1) is 0 Å². The molecule has 2 heterocycles. The van der Waals surface area contributed by atoms with E-state index in [1.54, 1.807) is 12.0 Å². The van der Waals surface area contributed by atoms with Gasteiger partial charge >= 0.3 is 5.97 Å². The highest BCUT2D eigenvalue weighted by molar-refractivity contribution is 5.79. The quantitative estimate of drug-likeness (QED) is 0.317. The van der Waals surface area contributed by atoms with Crippen LogP contribution in [0.15, 0.2) is 12.1 Å². The van der Waals surface area contributed by atoms with Crippen LogP contribution in [0.5, 0.6) is 17.2 Å². The highest BCUT2D eigenvalue weighted by Gasteiger charge is 2.47. The molecule has 0 bridgehead atoms. The van der Waals surface area contributed by atoms with Gasteiger partial charge in [-0.2, -0.15) is 0 Å². The maximum atomic E-state index is 13.7. The molecule has 2 amide bonds. The van der Waals surface area contributed by atoms with Gasteiger partial charge in [-0.1, -0.05) is 13.3 Å². The van der Waals surface area contributed by atoms with Crippen molar-refractivity contribution >= 4 is 17.8 Å². The van der Waals surface area contributed by atoms with Crippen LogP contribution in [0.1, 0.15) is 57.9 Å². The Bertz CT molecular complexity index is 1050. The first-order valence-electron chi connectivity index (χ1n) is 14.7. The van der Waals surface area contributed by atoms with E-state index >= 15 is 0 Å². The summed E-state index contributed by atoms with van der Waals surface area (Å²) < 4.78 is 16.7. The van der Waals surface area contributed by atoms with Gasteiger partial charge in [0.25, 0.3) is 0 Å². The molecular formula is C30H48N4O7. The number of nitrogens with zero attached hydrogens (tertiary/aromatic N) is 4. The van der Waals surface area contributed by atoms with Crippen molar-refractivity contribution in [1.29, 1.82) is 0 Å². The lowest BCUT2D eigenvalue weighted by Gasteiger charge is -2.31. The first-order valence-corrected chi connectivity index (χ1v) is 14.7. The molecule has 41 heavy (non-hydrogen) atoms. The molecule has 11 heteroatoms. The van der Waals surface area contributed by atoms with Crippen molar-refractivity contribution in [2.75, 3.05) is 73.8 Å². The van der Waals surface area contributed by atoms with E-state index in [0.29, 0.717) is 56.4 Å². The van der Waals surface area contributed by atoms with Gasteiger partial charge in [0.05, 0.1) is 19.6 Å². The van der Waals surface area contributed by atoms with Crippen LogP contribution >= 0.6 is 0 Å². The number of rotatable bonds is 16. The van der Waals surface area contributed by atoms with Crippen LogP contribution in [-0.2, 0) is 14.4 Å². The molecule has 3 rings (SSSR count). The lowest BCUT2D eigenvalue weighted by atomic mass is 9.84. The number of hydrogen-bond donors (Lipinski definition) is 1. The molecule has 0 saturated carbocycles. The standard InChI is InChI=1S/C30H48N4O7/c1-7-9-13-33(14-10-12-31(4)5)27(36)19-34-18-23(22-16-25(39-6)29-26(17-22)40-20-41-29)28(30(37)38)24(34)11-15-32(8-2)21(3)35/h16-17,23-24,28H,7-15,18-20H2,1-6H3,(H,37,38)/t23-,24+,28-/m1/s1. The lowest BCUT2D eigenvalue weighted by Crippen LogP contribution is -2.46. The number of hydrogen-bond acceptors (Lipinski definition) is 8. The molecule has 230 valence electrons. The van der Waals surface area contributed by atoms with Crippen LogP contribution in [0.3, 0.4) is 0 Å². The fourth-order valence-electron chi connectivity index (χ4n) is 5.94. The molecule has 0 aliphatic carbocycles. The summed E-state index contributed by atoms with van der Waals surface area (Å²) in [5.41, 5.74) is 0.770. The molecule has 0 aromatic heterocycles. The third kappa shape index (κ3) is 8.25. The van der Waals surface area contributed by atoms with Gasteiger partial charge in [-0.25, -0.2) is 0 Å². The highest BCUT2D eigenvalue weighted by Crippen LogP contribution is 2.47. The van der Waals surface area contributed by atoms with Gasteiger partial charge in [0.15, 0.2) is 11.5 Å². The zero-order valence-corrected chi connectivity index (χ0v) is 25.6. The van der Waals surface area contributed by atoms with Crippen molar-refractivity contribution < 1.29 is 33.7 Å². The van der Waals surface area contributed by atoms with Gasteiger partial charge in [0, 0.05) is 51.6 Å². The van der Waals surface area contributed by atoms with E-state index in [1.807, 2.05) is 43.0 Å². The van der Waals surface area contributed by atoms with Crippen molar-refractivity contribution in [2.45, 2.75) is 58.4 Å². The lowest BCUT2D eigenvalue weighted by molar-refractivity contribution is -0.144. The van der Waals surface area contributed by atoms with E-state index in [9.17, 15) is 19.5 Å². The van der Waals surface area contributed by atoms with Crippen molar-refractivity contribution in [3.05, 3.63) is 17.7 Å². The summed E-state index contributed by atoms with van der Waals surface area (Å²) >= 11 is 0. The molecule has 1 saturated heterocycles. The normalized spacial score (nSPS) is 19.9. The van der Waals surface area contributed by atoms with Gasteiger partial charge < -0.3 is 34.0 Å². The Hall–Kier alpha value is -3.05. The summed E-state index contributed by atoms with van der Waals surface area (Å²) in [6.07, 6.45) is 3.22. The zero-order valence-electron chi connectivity index (χ0n) is 25.6. The Morgan fingerprint density at radius 2 is 1.78 bits per heavy atom. The number of fused-ring (bicyclic) bond motifs is 1. The average molecular weight is 577 g/mol. The summed E-state index contributed by atoms with van der Waals surface area (Å²) in [5, 5.41) is 10.5. The molecule has 2 aliphatic heterocycles. The van der Waals surface area contributed by atoms with E-state index in [0.717, 1.165) is 31.4 Å². The number of unbranched alkanes of at least 4 members (excludes halogenated alkanes) is 1. The Morgan fingerprint density at radius 3 is 2.39 bits per heavy atom. The number of methoxy groups -OCH3 is 1. The van der Waals surface area contributed by atoms with Gasteiger partial charge in [-0.05, 0) is 64.5 Å². The minimum atomic E-state index is -0.925. The Balaban J connectivity index is 1.92. The van der Waals surface area contributed by atoms with Crippen LogP contribution in [0.25, 0.3) is 0 Å². The summed E-state index contributed by atoms with van der Waals surface area (Å²) in [4.78, 5) is 46.5. The molecule has 0 spiro atoms. The largest absolute Gasteiger partial charge is 0.493 e. The third-order valence-corrected chi connectivity index (χ3v) is 8.17. The minimum Gasteiger partial charge on any atom is -0.493 e. The number of carbonyl (C=O) groups is 3. The van der Waals surface area contributed by atoms with Crippen LogP contribution in [0.4, 0.5) is 0 Å². The summed E-state index contributed by atoms with van der Waals surface area (Å²) in [6, 6.07) is 3.22. The number of benzene rings is 1. The number of likely N-dealkylation sites (tertiary alicyclic amines) is 1. The fraction of sp³-hybridized carbons (Fsp3) is 0.700. The number of ether oxygens (including phenoxy) is 3. The van der Waals surface area contributed by atoms with Crippen molar-refractivity contribution in [1.82, 2.24) is 19.6 Å². The second kappa shape index (κ2) is 15.3. The van der Waals surface area contributed by atoms with Gasteiger partial charge in [-0.3, -0.25) is 19.3 Å². The van der Waals surface area contributed by atoms with E-state index in [-0.39, 0.29) is 25.2 Å². The monoisotopic (exact) mass is 576 g/mol. The number of carboxylic acid groups (broad SMARTS) is 1. The second-order valence-corrected chi connectivity index (χ2v) is 11.2. The Morgan fingerprint density at radius 1 is 1.05 bits per heavy atom. The molecule has 11 nitrogen and oxygen atoms in total. The van der Waals surface area contributed by atoms with Crippen molar-refractivity contribution in [2.24, 2.45) is 5.92 Å². The summed E-state index contributed by atoms with van der Waals surface area (Å²) in [6.45, 7) is 9.32. The predicted octanol–water partition coefficient (Wildman–Crippen LogP) is 2.73. The molecular weight excluding hydrogens is 528 g/mol. The predicted molar refractivity (Wildman–Crippen MR) is 156 cm³/mol. The number of amides is 2. The van der Waals surface area contributed by atoms with E-state index in [2.05, 4.69) is 11.8 Å². The number of aliphatic carboxylic acids is 1. The molecule has 3 atom stereocenters. The highest BCUT2D eigenvalue weighted by atomic mass is 16.7. The summed E-state index contributed by atoms with van der Waals surface area (Å²) in [5.74, 6) is -0.631. The van der Waals surface area contributed by atoms with Gasteiger partial charge in [0.1, 0.15) is 0 Å². The number of carbonyl (C=O) groups excluding carboxylic acids is 2. The molecule has 0 radical (unpaired) electrons. The van der Waals surface area contributed by atoms with Crippen molar-refractivity contribution in [3.63, 3.8) is 0 Å². The van der Waals surface area contributed by atoms with Crippen LogP contribution in [-0.4, -0.2) is 122 Å². The van der Waals surface area contributed by atoms with Crippen molar-refractivity contribution in [3.8, 4) is 17.2 Å². The van der Waals surface area contributed by atoms with Crippen LogP contribution < -0.4 is 14.2 Å². The maximum Gasteiger partial charge on any atom is 0.308 e. The molecule has 1 fully saturated rings. The van der Waals surface area contributed by atoms with Crippen LogP contribution in [0, 0.1) is 5.92 Å². The fourth-order valence-corrected chi connectivity index (χ4v) is 5.94. The Kier molecular flexibility index (Phi) is 12.1. The summed E-state index contributed by atoms with van der Waals surface area (Å²) in [7, 11) is 5.58. The Labute approximate surface area is 244 Å². The van der Waals surface area contributed by atoms with E-state index < -0.39 is 23.8 Å². The molecule has 2 aliphatic rings. The topological polar surface area (TPSA) is 112 Å². The minimum absolute atomic E-state index is 0.00850. The molecule has 1 aromatic carbocycles. The number of carboxylic acids is 1. The van der Waals surface area contributed by atoms with E-state index in [4.69, 9.17) is 14.2 Å². The molecule has 1 N–H and O–H groups in total. The molecule has 1 aromatic rings. The second-order valence-electron chi connectivity index (χ2n) is 11.2. The first-order chi connectivity index (χ1) is 19.6. The third-order valence-electron chi connectivity index (χ3n) is 8.17. The maximum absolute atomic E-state index is 13.7. The van der Waals surface area contributed by atoms with Gasteiger partial charge in [0.2, 0.25) is 24.4 Å². The SMILES string of the molecule is CCCCN(CCCN(C)C)C(=O)CN1C[C@H](c2cc(OC)c3c(c2)OCO3)[C@@H](C(=O)O)[C@@H]1CCN(CC)C(C)=O. The average Bonchev–Trinajstić information content (AvgIpc) is 3.54. The first kappa shape index (κ1) is 32.5. The zero-order chi connectivity index (χ0) is 30.1. The van der Waals surface area contributed by atoms with E-state index in [1.165, 1.54) is 6.92 Å². The smallest absolute Gasteiger partial charge is 0.308 e. The van der Waals surface area contributed by atoms with Crippen LogP contribution in [0.2, 0.25) is 0 Å². The molecule has 0 unspecified atom stereocenters.